The second kappa shape index (κ2) is 3.76. The molecule has 0 aliphatic carbocycles. The second-order valence-corrected chi connectivity index (χ2v) is 2.49. The van der Waals surface area contributed by atoms with Gasteiger partial charge in [-0.1, -0.05) is 36.3 Å². The summed E-state index contributed by atoms with van der Waals surface area (Å²) in [6, 6.07) is 7.45. The molecule has 0 amide bonds. The molecular weight excluding hydrogens is 158 g/mol. The van der Waals surface area contributed by atoms with Crippen molar-refractivity contribution in [2.75, 3.05) is 5.32 Å². The third kappa shape index (κ3) is 2.09. The first-order valence-electron chi connectivity index (χ1n) is 6.41. The van der Waals surface area contributed by atoms with Crippen molar-refractivity contribution in [1.82, 2.24) is 0 Å². The minimum Gasteiger partial charge on any atom is -0.356 e. The van der Waals surface area contributed by atoms with E-state index in [4.69, 9.17) is 6.85 Å². The van der Waals surface area contributed by atoms with Gasteiger partial charge in [0, 0.05) is 11.4 Å². The van der Waals surface area contributed by atoms with Gasteiger partial charge in [0.1, 0.15) is 0 Å². The fraction of sp³-hybridized carbons (Fsp3) is 0. The highest BCUT2D eigenvalue weighted by atomic mass is 14.9. The predicted molar refractivity (Wildman–Crippen MR) is 56.2 cm³/mol. The van der Waals surface area contributed by atoms with Gasteiger partial charge < -0.3 is 5.32 Å². The molecular formula is C12H11N. The lowest BCUT2D eigenvalue weighted by atomic mass is 10.3. The quantitative estimate of drug-likeness (QED) is 0.735. The second-order valence-electron chi connectivity index (χ2n) is 2.49. The van der Waals surface area contributed by atoms with Crippen molar-refractivity contribution in [3.63, 3.8) is 0 Å². The number of hydrogen-bond acceptors (Lipinski definition) is 1. The Balaban J connectivity index is 2.52. The monoisotopic (exact) mass is 174 g/mol. The highest BCUT2D eigenvalue weighted by molar-refractivity contribution is 5.58. The van der Waals surface area contributed by atoms with E-state index in [9.17, 15) is 0 Å². The molecule has 0 fully saturated rings. The molecule has 0 saturated carbocycles. The SMILES string of the molecule is [2H]c1c([2H])c([2H])c(Nc2ccccc2)c([2H])c1[2H]. The molecule has 0 unspecified atom stereocenters. The maximum absolute atomic E-state index is 7.75. The molecule has 2 rings (SSSR count). The van der Waals surface area contributed by atoms with Gasteiger partial charge in [0.15, 0.2) is 0 Å². The summed E-state index contributed by atoms with van der Waals surface area (Å²) in [7, 11) is 0. The summed E-state index contributed by atoms with van der Waals surface area (Å²) in [6.45, 7) is 0. The van der Waals surface area contributed by atoms with Gasteiger partial charge in [0.25, 0.3) is 0 Å². The summed E-state index contributed by atoms with van der Waals surface area (Å²) in [5, 5.41) is 2.85. The van der Waals surface area contributed by atoms with Crippen LogP contribution in [0.25, 0.3) is 0 Å². The minimum absolute atomic E-state index is 0.0900. The van der Waals surface area contributed by atoms with E-state index in [1.54, 1.807) is 24.3 Å². The number of anilines is 2. The normalized spacial score (nSPS) is 14.9. The number of rotatable bonds is 2. The maximum Gasteiger partial charge on any atom is 0.0645 e. The summed E-state index contributed by atoms with van der Waals surface area (Å²) in [5.41, 5.74) is 0.767. The first kappa shape index (κ1) is 3.97. The van der Waals surface area contributed by atoms with Crippen molar-refractivity contribution < 1.29 is 6.85 Å². The van der Waals surface area contributed by atoms with E-state index >= 15 is 0 Å². The average Bonchev–Trinajstić information content (AvgIpc) is 2.40. The van der Waals surface area contributed by atoms with E-state index in [-0.39, 0.29) is 35.9 Å². The Morgan fingerprint density at radius 3 is 2.23 bits per heavy atom. The number of hydrogen-bond donors (Lipinski definition) is 1. The Bertz CT molecular complexity index is 554. The van der Waals surface area contributed by atoms with Crippen molar-refractivity contribution in [2.24, 2.45) is 0 Å². The minimum atomic E-state index is -0.386. The van der Waals surface area contributed by atoms with Crippen molar-refractivity contribution in [3.05, 3.63) is 60.5 Å². The zero-order chi connectivity index (χ0) is 13.3. The molecule has 1 nitrogen and oxygen atoms in total. The Morgan fingerprint density at radius 2 is 1.54 bits per heavy atom. The van der Waals surface area contributed by atoms with Gasteiger partial charge in [0.2, 0.25) is 0 Å². The summed E-state index contributed by atoms with van der Waals surface area (Å²) < 4.78 is 38.1. The van der Waals surface area contributed by atoms with Gasteiger partial charge >= 0.3 is 0 Å². The van der Waals surface area contributed by atoms with Crippen LogP contribution in [0.15, 0.2) is 60.5 Å². The van der Waals surface area contributed by atoms with Crippen molar-refractivity contribution in [1.29, 1.82) is 0 Å². The van der Waals surface area contributed by atoms with E-state index in [2.05, 4.69) is 5.32 Å². The molecule has 13 heavy (non-hydrogen) atoms. The standard InChI is InChI=1S/C12H11N/c1-3-7-11(8-4-1)13-12-9-5-2-6-10-12/h1-10,13H/i1D,3D,4D,7D,8D. The zero-order valence-electron chi connectivity index (χ0n) is 11.9. The Morgan fingerprint density at radius 1 is 0.846 bits per heavy atom. The number of para-hydroxylation sites is 2. The van der Waals surface area contributed by atoms with Crippen LogP contribution in [-0.2, 0) is 0 Å². The van der Waals surface area contributed by atoms with Crippen LogP contribution >= 0.6 is 0 Å². The first-order valence-corrected chi connectivity index (χ1v) is 3.91. The Hall–Kier alpha value is -1.76. The average molecular weight is 174 g/mol. The van der Waals surface area contributed by atoms with Gasteiger partial charge in [-0.15, -0.1) is 0 Å². The Labute approximate surface area is 85.1 Å². The van der Waals surface area contributed by atoms with E-state index in [0.29, 0.717) is 5.69 Å². The fourth-order valence-electron chi connectivity index (χ4n) is 0.978. The van der Waals surface area contributed by atoms with Crippen LogP contribution in [0.1, 0.15) is 6.85 Å². The van der Waals surface area contributed by atoms with Crippen LogP contribution in [0.5, 0.6) is 0 Å². The Kier molecular flexibility index (Phi) is 1.15. The lowest BCUT2D eigenvalue weighted by molar-refractivity contribution is 1.55. The van der Waals surface area contributed by atoms with Crippen LogP contribution in [0.3, 0.4) is 0 Å². The third-order valence-electron chi connectivity index (χ3n) is 1.54. The van der Waals surface area contributed by atoms with Crippen LogP contribution in [0.2, 0.25) is 0 Å². The lowest BCUT2D eigenvalue weighted by Gasteiger charge is -2.04. The van der Waals surface area contributed by atoms with Gasteiger partial charge in [-0.25, -0.2) is 0 Å². The molecule has 2 aromatic carbocycles. The molecule has 2 aromatic rings. The summed E-state index contributed by atoms with van der Waals surface area (Å²) >= 11 is 0. The van der Waals surface area contributed by atoms with E-state index in [1.807, 2.05) is 6.07 Å². The van der Waals surface area contributed by atoms with Crippen molar-refractivity contribution >= 4 is 11.4 Å². The molecule has 0 bridgehead atoms. The van der Waals surface area contributed by atoms with Gasteiger partial charge in [-0.3, -0.25) is 0 Å². The number of benzene rings is 2. The van der Waals surface area contributed by atoms with E-state index < -0.39 is 0 Å². The molecule has 0 spiro atoms. The smallest absolute Gasteiger partial charge is 0.0645 e. The first-order chi connectivity index (χ1) is 8.52. The van der Waals surface area contributed by atoms with Gasteiger partial charge in [-0.05, 0) is 24.2 Å². The van der Waals surface area contributed by atoms with Gasteiger partial charge in [-0.2, -0.15) is 0 Å². The van der Waals surface area contributed by atoms with Crippen molar-refractivity contribution in [2.45, 2.75) is 0 Å². The molecule has 1 heteroatoms. The predicted octanol–water partition coefficient (Wildman–Crippen LogP) is 3.43. The molecule has 0 saturated heterocycles. The summed E-state index contributed by atoms with van der Waals surface area (Å²) in [6.07, 6.45) is 0. The van der Waals surface area contributed by atoms with E-state index in [0.717, 1.165) is 0 Å². The maximum atomic E-state index is 7.75. The topological polar surface area (TPSA) is 12.0 Å². The molecule has 64 valence electrons. The zero-order valence-corrected chi connectivity index (χ0v) is 6.89. The summed E-state index contributed by atoms with van der Waals surface area (Å²) in [4.78, 5) is 0. The molecule has 1 N–H and O–H groups in total. The third-order valence-corrected chi connectivity index (χ3v) is 1.54. The number of nitrogens with one attached hydrogen (secondary N) is 1. The van der Waals surface area contributed by atoms with Crippen LogP contribution in [0, 0.1) is 0 Å². The molecule has 0 aromatic heterocycles. The van der Waals surface area contributed by atoms with Crippen LogP contribution in [0.4, 0.5) is 11.4 Å². The van der Waals surface area contributed by atoms with E-state index in [1.165, 1.54) is 0 Å². The van der Waals surface area contributed by atoms with Gasteiger partial charge in [0.05, 0.1) is 6.85 Å². The highest BCUT2D eigenvalue weighted by Gasteiger charge is 1.89. The molecule has 0 heterocycles. The van der Waals surface area contributed by atoms with Crippen molar-refractivity contribution in [3.8, 4) is 0 Å². The van der Waals surface area contributed by atoms with Crippen LogP contribution < -0.4 is 5.32 Å². The summed E-state index contributed by atoms with van der Waals surface area (Å²) in [5.74, 6) is 0. The molecule has 0 aliphatic heterocycles. The molecule has 0 atom stereocenters. The largest absolute Gasteiger partial charge is 0.356 e. The molecule has 0 aliphatic rings. The van der Waals surface area contributed by atoms with Crippen LogP contribution in [-0.4, -0.2) is 0 Å². The highest BCUT2D eigenvalue weighted by Crippen LogP contribution is 2.14. The fourth-order valence-corrected chi connectivity index (χ4v) is 0.978. The molecule has 0 radical (unpaired) electrons. The lowest BCUT2D eigenvalue weighted by Crippen LogP contribution is -1.87.